The number of aryl methyl sites for hydroxylation is 1. The Kier molecular flexibility index (Phi) is 4.84. The lowest BCUT2D eigenvalue weighted by Gasteiger charge is -2.04. The van der Waals surface area contributed by atoms with Gasteiger partial charge in [0, 0.05) is 6.42 Å². The Morgan fingerprint density at radius 2 is 1.87 bits per heavy atom. The molecule has 0 atom stereocenters. The highest BCUT2D eigenvalue weighted by molar-refractivity contribution is 5.71. The fourth-order valence-electron chi connectivity index (χ4n) is 1.28. The Morgan fingerprint density at radius 1 is 1.27 bits per heavy atom. The molecule has 1 aromatic rings. The van der Waals surface area contributed by atoms with Gasteiger partial charge in [0.25, 0.3) is 0 Å². The highest BCUT2D eigenvalue weighted by Gasteiger charge is 1.99. The number of ether oxygens (including phenoxy) is 1. The van der Waals surface area contributed by atoms with Crippen molar-refractivity contribution in [3.05, 3.63) is 35.4 Å². The lowest BCUT2D eigenvalue weighted by atomic mass is 10.1. The molecule has 0 aliphatic rings. The Hall–Kier alpha value is -1.35. The summed E-state index contributed by atoms with van der Waals surface area (Å²) < 4.78 is 4.89. The Labute approximate surface area is 90.2 Å². The van der Waals surface area contributed by atoms with E-state index in [1.807, 2.05) is 0 Å². The van der Waals surface area contributed by atoms with Crippen LogP contribution >= 0.6 is 0 Å². The fraction of sp³-hybridized carbons (Fsp3) is 0.417. The van der Waals surface area contributed by atoms with Crippen molar-refractivity contribution >= 4 is 5.97 Å². The zero-order valence-corrected chi connectivity index (χ0v) is 9.03. The first-order chi connectivity index (χ1) is 7.26. The van der Waals surface area contributed by atoms with Gasteiger partial charge in [-0.2, -0.15) is 0 Å². The van der Waals surface area contributed by atoms with Crippen molar-refractivity contribution in [2.75, 3.05) is 13.2 Å². The minimum absolute atomic E-state index is 0.0469. The molecule has 0 amide bonds. The molecule has 1 rings (SSSR count). The number of hydrogen-bond acceptors (Lipinski definition) is 3. The minimum atomic E-state index is -0.347. The Morgan fingerprint density at radius 3 is 2.40 bits per heavy atom. The summed E-state index contributed by atoms with van der Waals surface area (Å²) in [5.41, 5.74) is 7.61. The van der Waals surface area contributed by atoms with E-state index in [4.69, 9.17) is 10.5 Å². The minimum Gasteiger partial charge on any atom is -0.464 e. The molecule has 0 saturated heterocycles. The third-order valence-corrected chi connectivity index (χ3v) is 2.25. The number of esters is 1. The summed E-state index contributed by atoms with van der Waals surface area (Å²) in [6.07, 6.45) is 1.79. The van der Waals surface area contributed by atoms with Crippen LogP contribution in [-0.2, 0) is 22.4 Å². The lowest BCUT2D eigenvalue weighted by molar-refractivity contribution is -0.141. The second kappa shape index (κ2) is 6.19. The topological polar surface area (TPSA) is 52.3 Å². The summed E-state index contributed by atoms with van der Waals surface area (Å²) in [5.74, 6) is -0.347. The molecule has 0 heterocycles. The van der Waals surface area contributed by atoms with E-state index >= 15 is 0 Å². The molecular formula is C12H17NO2. The van der Waals surface area contributed by atoms with Gasteiger partial charge in [-0.25, -0.2) is 0 Å². The van der Waals surface area contributed by atoms with E-state index in [1.165, 1.54) is 11.1 Å². The van der Waals surface area contributed by atoms with Crippen LogP contribution in [0.5, 0.6) is 0 Å². The second-order valence-electron chi connectivity index (χ2n) is 3.34. The van der Waals surface area contributed by atoms with Crippen molar-refractivity contribution in [3.8, 4) is 0 Å². The third-order valence-electron chi connectivity index (χ3n) is 2.25. The molecule has 2 N–H and O–H groups in total. The van der Waals surface area contributed by atoms with Crippen LogP contribution < -0.4 is 5.73 Å². The standard InChI is InChI=1S/C12H17NO2/c1-2-10-3-5-11(6-4-10)7-8-15-12(14)9-13/h3-6H,2,7-9,13H2,1H3. The van der Waals surface area contributed by atoms with Gasteiger partial charge in [0.15, 0.2) is 0 Å². The Balaban J connectivity index is 2.34. The van der Waals surface area contributed by atoms with Crippen molar-refractivity contribution in [2.45, 2.75) is 19.8 Å². The predicted molar refractivity (Wildman–Crippen MR) is 59.5 cm³/mol. The van der Waals surface area contributed by atoms with Gasteiger partial charge in [0.05, 0.1) is 13.2 Å². The molecular weight excluding hydrogens is 190 g/mol. The first-order valence-corrected chi connectivity index (χ1v) is 5.19. The van der Waals surface area contributed by atoms with Crippen LogP contribution in [0.4, 0.5) is 0 Å². The average Bonchev–Trinajstić information content (AvgIpc) is 2.29. The monoisotopic (exact) mass is 207 g/mol. The van der Waals surface area contributed by atoms with Crippen molar-refractivity contribution in [1.29, 1.82) is 0 Å². The summed E-state index contributed by atoms with van der Waals surface area (Å²) in [4.78, 5) is 10.8. The van der Waals surface area contributed by atoms with E-state index in [0.717, 1.165) is 12.8 Å². The summed E-state index contributed by atoms with van der Waals surface area (Å²) in [6, 6.07) is 8.32. The quantitative estimate of drug-likeness (QED) is 0.740. The smallest absolute Gasteiger partial charge is 0.319 e. The fourth-order valence-corrected chi connectivity index (χ4v) is 1.28. The average molecular weight is 207 g/mol. The van der Waals surface area contributed by atoms with Gasteiger partial charge >= 0.3 is 5.97 Å². The van der Waals surface area contributed by atoms with Crippen LogP contribution in [0.1, 0.15) is 18.1 Å². The molecule has 0 unspecified atom stereocenters. The van der Waals surface area contributed by atoms with Crippen molar-refractivity contribution in [3.63, 3.8) is 0 Å². The van der Waals surface area contributed by atoms with Gasteiger partial charge in [-0.15, -0.1) is 0 Å². The SMILES string of the molecule is CCc1ccc(CCOC(=O)CN)cc1. The summed E-state index contributed by atoms with van der Waals surface area (Å²) in [7, 11) is 0. The Bertz CT molecular complexity index is 306. The molecule has 1 aromatic carbocycles. The van der Waals surface area contributed by atoms with Crippen LogP contribution in [0.25, 0.3) is 0 Å². The van der Waals surface area contributed by atoms with Gasteiger partial charge in [0.1, 0.15) is 0 Å². The van der Waals surface area contributed by atoms with Crippen molar-refractivity contribution < 1.29 is 9.53 Å². The lowest BCUT2D eigenvalue weighted by Crippen LogP contribution is -2.17. The molecule has 0 aliphatic heterocycles. The maximum absolute atomic E-state index is 10.8. The first kappa shape index (κ1) is 11.7. The maximum atomic E-state index is 10.8. The van der Waals surface area contributed by atoms with Crippen LogP contribution in [-0.4, -0.2) is 19.1 Å². The maximum Gasteiger partial charge on any atom is 0.319 e. The van der Waals surface area contributed by atoms with Crippen LogP contribution in [0, 0.1) is 0 Å². The molecule has 15 heavy (non-hydrogen) atoms. The van der Waals surface area contributed by atoms with E-state index < -0.39 is 0 Å². The number of benzene rings is 1. The predicted octanol–water partition coefficient (Wildman–Crippen LogP) is 1.29. The number of nitrogens with two attached hydrogens (primary N) is 1. The molecule has 82 valence electrons. The summed E-state index contributed by atoms with van der Waals surface area (Å²) in [6.45, 7) is 2.48. The molecule has 0 aromatic heterocycles. The number of carbonyl (C=O) groups excluding carboxylic acids is 1. The normalized spacial score (nSPS) is 10.0. The third kappa shape index (κ3) is 4.13. The van der Waals surface area contributed by atoms with Crippen LogP contribution in [0.3, 0.4) is 0 Å². The van der Waals surface area contributed by atoms with Crippen molar-refractivity contribution in [2.24, 2.45) is 5.73 Å². The van der Waals surface area contributed by atoms with E-state index in [2.05, 4.69) is 31.2 Å². The van der Waals surface area contributed by atoms with Gasteiger partial charge in [-0.05, 0) is 17.5 Å². The van der Waals surface area contributed by atoms with E-state index in [-0.39, 0.29) is 12.5 Å². The van der Waals surface area contributed by atoms with E-state index in [9.17, 15) is 4.79 Å². The van der Waals surface area contributed by atoms with Crippen molar-refractivity contribution in [1.82, 2.24) is 0 Å². The zero-order chi connectivity index (χ0) is 11.1. The van der Waals surface area contributed by atoms with Gasteiger partial charge in [0.2, 0.25) is 0 Å². The molecule has 3 nitrogen and oxygen atoms in total. The van der Waals surface area contributed by atoms with Gasteiger partial charge in [-0.1, -0.05) is 31.2 Å². The van der Waals surface area contributed by atoms with Crippen LogP contribution in [0.15, 0.2) is 24.3 Å². The molecule has 0 radical (unpaired) electrons. The molecule has 0 saturated carbocycles. The zero-order valence-electron chi connectivity index (χ0n) is 9.03. The molecule has 3 heteroatoms. The molecule has 0 bridgehead atoms. The number of carbonyl (C=O) groups is 1. The summed E-state index contributed by atoms with van der Waals surface area (Å²) >= 11 is 0. The second-order valence-corrected chi connectivity index (χ2v) is 3.34. The first-order valence-electron chi connectivity index (χ1n) is 5.19. The van der Waals surface area contributed by atoms with Crippen LogP contribution in [0.2, 0.25) is 0 Å². The van der Waals surface area contributed by atoms with E-state index in [1.54, 1.807) is 0 Å². The highest BCUT2D eigenvalue weighted by atomic mass is 16.5. The largest absolute Gasteiger partial charge is 0.464 e. The summed E-state index contributed by atoms with van der Waals surface area (Å²) in [5, 5.41) is 0. The number of hydrogen-bond donors (Lipinski definition) is 1. The molecule has 0 spiro atoms. The number of rotatable bonds is 5. The molecule has 0 aliphatic carbocycles. The molecule has 0 fully saturated rings. The highest BCUT2D eigenvalue weighted by Crippen LogP contribution is 2.05. The van der Waals surface area contributed by atoms with Gasteiger partial charge in [-0.3, -0.25) is 4.79 Å². The van der Waals surface area contributed by atoms with E-state index in [0.29, 0.717) is 6.61 Å². The van der Waals surface area contributed by atoms with Gasteiger partial charge < -0.3 is 10.5 Å².